The largest absolute Gasteiger partial charge is 0.382 e. The molecule has 0 aliphatic heterocycles. The van der Waals surface area contributed by atoms with Crippen LogP contribution in [-0.4, -0.2) is 40.9 Å². The zero-order valence-electron chi connectivity index (χ0n) is 9.36. The predicted octanol–water partition coefficient (Wildman–Crippen LogP) is 0.601. The lowest BCUT2D eigenvalue weighted by molar-refractivity contribution is -0.129. The molecule has 0 radical (unpaired) electrons. The average molecular weight is 244 g/mol. The van der Waals surface area contributed by atoms with E-state index < -0.39 is 6.04 Å². The van der Waals surface area contributed by atoms with Crippen molar-refractivity contribution in [2.24, 2.45) is 0 Å². The van der Waals surface area contributed by atoms with Gasteiger partial charge in [0.15, 0.2) is 5.82 Å². The van der Waals surface area contributed by atoms with E-state index in [9.17, 15) is 4.79 Å². The topological polar surface area (TPSA) is 84.1 Å². The van der Waals surface area contributed by atoms with Crippen molar-refractivity contribution in [3.05, 3.63) is 11.3 Å². The molecule has 0 saturated carbocycles. The van der Waals surface area contributed by atoms with Crippen LogP contribution >= 0.6 is 11.6 Å². The van der Waals surface area contributed by atoms with Crippen molar-refractivity contribution in [1.82, 2.24) is 14.9 Å². The molecule has 1 amide bonds. The summed E-state index contributed by atoms with van der Waals surface area (Å²) in [4.78, 5) is 20.7. The minimum atomic E-state index is -0.429. The second-order valence-corrected chi connectivity index (χ2v) is 3.90. The summed E-state index contributed by atoms with van der Waals surface area (Å²) >= 11 is 5.88. The summed E-state index contributed by atoms with van der Waals surface area (Å²) in [6.45, 7) is 1.72. The lowest BCUT2D eigenvalue weighted by Crippen LogP contribution is -2.36. The number of aromatic nitrogens is 2. The van der Waals surface area contributed by atoms with E-state index in [1.54, 1.807) is 21.0 Å². The summed E-state index contributed by atoms with van der Waals surface area (Å²) < 4.78 is 0. The number of nitrogens with zero attached hydrogens (tertiary/aromatic N) is 3. The molecule has 1 atom stereocenters. The first-order chi connectivity index (χ1) is 7.43. The zero-order valence-corrected chi connectivity index (χ0v) is 10.1. The fourth-order valence-electron chi connectivity index (χ4n) is 1.14. The van der Waals surface area contributed by atoms with Gasteiger partial charge in [-0.2, -0.15) is 0 Å². The summed E-state index contributed by atoms with van der Waals surface area (Å²) in [5.41, 5.74) is 5.51. The first-order valence-electron chi connectivity index (χ1n) is 4.67. The van der Waals surface area contributed by atoms with Gasteiger partial charge >= 0.3 is 0 Å². The molecule has 16 heavy (non-hydrogen) atoms. The summed E-state index contributed by atoms with van der Waals surface area (Å²) in [6.07, 6.45) is 1.29. The van der Waals surface area contributed by atoms with Gasteiger partial charge in [0.25, 0.3) is 0 Å². The van der Waals surface area contributed by atoms with Gasteiger partial charge in [-0.15, -0.1) is 0 Å². The highest BCUT2D eigenvalue weighted by Gasteiger charge is 2.17. The standard InChI is InChI=1S/C9H14ClN5O/c1-5(9(16)15(2)3)14-8-6(10)7(11)12-4-13-8/h4-5H,1-3H3,(H3,11,12,13,14). The minimum Gasteiger partial charge on any atom is -0.382 e. The van der Waals surface area contributed by atoms with Crippen molar-refractivity contribution in [3.8, 4) is 0 Å². The van der Waals surface area contributed by atoms with E-state index >= 15 is 0 Å². The van der Waals surface area contributed by atoms with E-state index in [-0.39, 0.29) is 16.7 Å². The molecule has 1 unspecified atom stereocenters. The van der Waals surface area contributed by atoms with Crippen molar-refractivity contribution < 1.29 is 4.79 Å². The molecule has 0 spiro atoms. The maximum absolute atomic E-state index is 11.6. The molecule has 1 rings (SSSR count). The smallest absolute Gasteiger partial charge is 0.244 e. The Morgan fingerprint density at radius 1 is 1.56 bits per heavy atom. The van der Waals surface area contributed by atoms with Crippen LogP contribution < -0.4 is 11.1 Å². The van der Waals surface area contributed by atoms with Crippen LogP contribution in [0.2, 0.25) is 5.02 Å². The number of halogens is 1. The van der Waals surface area contributed by atoms with Crippen molar-refractivity contribution in [1.29, 1.82) is 0 Å². The highest BCUT2D eigenvalue weighted by atomic mass is 35.5. The number of hydrogen-bond donors (Lipinski definition) is 2. The Morgan fingerprint density at radius 2 is 2.19 bits per heavy atom. The number of nitrogens with two attached hydrogens (primary N) is 1. The van der Waals surface area contributed by atoms with Crippen molar-refractivity contribution in [2.45, 2.75) is 13.0 Å². The lowest BCUT2D eigenvalue weighted by atomic mass is 10.3. The molecule has 1 aromatic heterocycles. The van der Waals surface area contributed by atoms with Crippen LogP contribution in [0.5, 0.6) is 0 Å². The molecule has 0 bridgehead atoms. The second-order valence-electron chi connectivity index (χ2n) is 3.52. The zero-order chi connectivity index (χ0) is 12.3. The fraction of sp³-hybridized carbons (Fsp3) is 0.444. The lowest BCUT2D eigenvalue weighted by Gasteiger charge is -2.18. The van der Waals surface area contributed by atoms with Gasteiger partial charge in [0.2, 0.25) is 5.91 Å². The normalized spacial score (nSPS) is 12.0. The molecule has 88 valence electrons. The van der Waals surface area contributed by atoms with E-state index in [2.05, 4.69) is 15.3 Å². The van der Waals surface area contributed by atoms with Gasteiger partial charge in [0.05, 0.1) is 0 Å². The van der Waals surface area contributed by atoms with E-state index in [4.69, 9.17) is 17.3 Å². The van der Waals surface area contributed by atoms with Crippen LogP contribution in [0, 0.1) is 0 Å². The Kier molecular flexibility index (Phi) is 3.89. The third kappa shape index (κ3) is 2.73. The second kappa shape index (κ2) is 4.98. The van der Waals surface area contributed by atoms with Crippen molar-refractivity contribution in [3.63, 3.8) is 0 Å². The monoisotopic (exact) mass is 243 g/mol. The molecule has 0 fully saturated rings. The van der Waals surface area contributed by atoms with Gasteiger partial charge < -0.3 is 16.0 Å². The van der Waals surface area contributed by atoms with E-state index in [0.717, 1.165) is 0 Å². The van der Waals surface area contributed by atoms with Crippen molar-refractivity contribution in [2.75, 3.05) is 25.1 Å². The molecule has 0 aromatic carbocycles. The molecule has 7 heteroatoms. The van der Waals surface area contributed by atoms with Gasteiger partial charge in [0, 0.05) is 14.1 Å². The number of nitrogens with one attached hydrogen (secondary N) is 1. The number of hydrogen-bond acceptors (Lipinski definition) is 5. The number of amides is 1. The minimum absolute atomic E-state index is 0.0757. The summed E-state index contributed by atoms with van der Waals surface area (Å²) in [6, 6.07) is -0.429. The van der Waals surface area contributed by atoms with Crippen LogP contribution in [0.25, 0.3) is 0 Å². The molecular formula is C9H14ClN5O. The average Bonchev–Trinajstić information content (AvgIpc) is 2.23. The summed E-state index contributed by atoms with van der Waals surface area (Å²) in [5, 5.41) is 3.10. The van der Waals surface area contributed by atoms with Crippen molar-refractivity contribution >= 4 is 29.1 Å². The van der Waals surface area contributed by atoms with E-state index in [0.29, 0.717) is 5.82 Å². The molecule has 6 nitrogen and oxygen atoms in total. The third-order valence-corrected chi connectivity index (χ3v) is 2.35. The highest BCUT2D eigenvalue weighted by Crippen LogP contribution is 2.23. The Hall–Kier alpha value is -1.56. The van der Waals surface area contributed by atoms with E-state index in [1.165, 1.54) is 11.2 Å². The Labute approximate surface area is 98.8 Å². The molecule has 0 aliphatic rings. The van der Waals surface area contributed by atoms with Crippen LogP contribution in [0.3, 0.4) is 0 Å². The Morgan fingerprint density at radius 3 is 2.75 bits per heavy atom. The van der Waals surface area contributed by atoms with Crippen LogP contribution in [0.15, 0.2) is 6.33 Å². The third-order valence-electron chi connectivity index (χ3n) is 1.98. The van der Waals surface area contributed by atoms with Crippen LogP contribution in [0.4, 0.5) is 11.6 Å². The number of likely N-dealkylation sites (N-methyl/N-ethyl adjacent to an activating group) is 1. The Bertz CT molecular complexity index is 395. The van der Waals surface area contributed by atoms with Gasteiger partial charge in [-0.25, -0.2) is 9.97 Å². The van der Waals surface area contributed by atoms with Gasteiger partial charge in [0.1, 0.15) is 23.2 Å². The predicted molar refractivity (Wildman–Crippen MR) is 63.2 cm³/mol. The summed E-state index contributed by atoms with van der Waals surface area (Å²) in [7, 11) is 3.35. The first kappa shape index (κ1) is 12.5. The van der Waals surface area contributed by atoms with Gasteiger partial charge in [-0.05, 0) is 6.92 Å². The Balaban J connectivity index is 2.81. The van der Waals surface area contributed by atoms with Gasteiger partial charge in [-0.1, -0.05) is 11.6 Å². The van der Waals surface area contributed by atoms with Crippen LogP contribution in [0.1, 0.15) is 6.92 Å². The summed E-state index contributed by atoms with van der Waals surface area (Å²) in [5.74, 6) is 0.466. The number of anilines is 2. The number of carbonyl (C=O) groups is 1. The first-order valence-corrected chi connectivity index (χ1v) is 5.05. The number of rotatable bonds is 3. The number of carbonyl (C=O) groups excluding carboxylic acids is 1. The quantitative estimate of drug-likeness (QED) is 0.812. The maximum Gasteiger partial charge on any atom is 0.244 e. The highest BCUT2D eigenvalue weighted by molar-refractivity contribution is 6.35. The molecule has 1 aromatic rings. The molecule has 0 aliphatic carbocycles. The fourth-order valence-corrected chi connectivity index (χ4v) is 1.29. The molecule has 0 saturated heterocycles. The SMILES string of the molecule is CC(Nc1ncnc(N)c1Cl)C(=O)N(C)C. The maximum atomic E-state index is 11.6. The van der Waals surface area contributed by atoms with E-state index in [1.807, 2.05) is 0 Å². The van der Waals surface area contributed by atoms with Crippen LogP contribution in [-0.2, 0) is 4.79 Å². The van der Waals surface area contributed by atoms with Gasteiger partial charge in [-0.3, -0.25) is 4.79 Å². The molecular weight excluding hydrogens is 230 g/mol. The molecule has 1 heterocycles. The molecule has 3 N–H and O–H groups in total. The number of nitrogen functional groups attached to an aromatic ring is 1.